The molecule has 4 N–H and O–H groups in total. The van der Waals surface area contributed by atoms with Crippen LogP contribution in [-0.2, 0) is 0 Å². The Balaban J connectivity index is 1.73. The van der Waals surface area contributed by atoms with E-state index in [2.05, 4.69) is 0 Å². The van der Waals surface area contributed by atoms with Crippen molar-refractivity contribution in [1.82, 2.24) is 0 Å². The van der Waals surface area contributed by atoms with Crippen molar-refractivity contribution in [3.05, 3.63) is 108 Å². The van der Waals surface area contributed by atoms with Gasteiger partial charge in [0.15, 0.2) is 0 Å². The van der Waals surface area contributed by atoms with Crippen molar-refractivity contribution in [3.63, 3.8) is 0 Å². The molecule has 0 amide bonds. The van der Waals surface area contributed by atoms with Gasteiger partial charge in [-0.3, -0.25) is 4.79 Å². The SMILES string of the molecule is Nc1ccc(C(=O)c2ccc(N)cc2Oc2ccccc2)c(Oc2ccccc2)c1. The molecule has 0 saturated carbocycles. The quantitative estimate of drug-likeness (QED) is 0.324. The second-order valence-corrected chi connectivity index (χ2v) is 6.67. The maximum atomic E-state index is 13.4. The minimum absolute atomic E-state index is 0.258. The highest BCUT2D eigenvalue weighted by molar-refractivity contribution is 6.12. The lowest BCUT2D eigenvalue weighted by Crippen LogP contribution is -2.07. The summed E-state index contributed by atoms with van der Waals surface area (Å²) in [7, 11) is 0. The predicted octanol–water partition coefficient (Wildman–Crippen LogP) is 5.67. The molecule has 0 atom stereocenters. The van der Waals surface area contributed by atoms with E-state index in [1.54, 1.807) is 36.4 Å². The van der Waals surface area contributed by atoms with Crippen LogP contribution in [0.1, 0.15) is 15.9 Å². The summed E-state index contributed by atoms with van der Waals surface area (Å²) in [6.45, 7) is 0. The van der Waals surface area contributed by atoms with Crippen molar-refractivity contribution in [2.24, 2.45) is 0 Å². The zero-order valence-corrected chi connectivity index (χ0v) is 16.1. The highest BCUT2D eigenvalue weighted by atomic mass is 16.5. The molecule has 0 aliphatic rings. The molecular weight excluding hydrogens is 376 g/mol. The summed E-state index contributed by atoms with van der Waals surface area (Å²) in [5, 5.41) is 0. The number of hydrogen-bond donors (Lipinski definition) is 2. The molecule has 0 unspecified atom stereocenters. The van der Waals surface area contributed by atoms with Crippen LogP contribution in [0, 0.1) is 0 Å². The van der Waals surface area contributed by atoms with Crippen molar-refractivity contribution in [1.29, 1.82) is 0 Å². The van der Waals surface area contributed by atoms with Crippen LogP contribution in [0.2, 0.25) is 0 Å². The third-order valence-corrected chi connectivity index (χ3v) is 4.44. The van der Waals surface area contributed by atoms with Gasteiger partial charge in [-0.2, -0.15) is 0 Å². The van der Waals surface area contributed by atoms with Crippen LogP contribution in [0.3, 0.4) is 0 Å². The normalized spacial score (nSPS) is 10.4. The van der Waals surface area contributed by atoms with Gasteiger partial charge in [0.05, 0.1) is 11.1 Å². The highest BCUT2D eigenvalue weighted by Gasteiger charge is 2.20. The zero-order valence-electron chi connectivity index (χ0n) is 16.1. The van der Waals surface area contributed by atoms with E-state index < -0.39 is 0 Å². The van der Waals surface area contributed by atoms with E-state index in [-0.39, 0.29) is 5.78 Å². The largest absolute Gasteiger partial charge is 0.457 e. The lowest BCUT2D eigenvalue weighted by Gasteiger charge is -2.14. The molecule has 5 nitrogen and oxygen atoms in total. The summed E-state index contributed by atoms with van der Waals surface area (Å²) in [4.78, 5) is 13.4. The number of nitrogen functional groups attached to an aromatic ring is 2. The Kier molecular flexibility index (Phi) is 5.35. The van der Waals surface area contributed by atoms with E-state index in [0.29, 0.717) is 45.5 Å². The first-order valence-corrected chi connectivity index (χ1v) is 9.40. The zero-order chi connectivity index (χ0) is 20.9. The molecule has 0 spiro atoms. The molecule has 4 aromatic rings. The third-order valence-electron chi connectivity index (χ3n) is 4.44. The minimum Gasteiger partial charge on any atom is -0.457 e. The molecule has 0 saturated heterocycles. The summed E-state index contributed by atoms with van der Waals surface area (Å²) >= 11 is 0. The predicted molar refractivity (Wildman–Crippen MR) is 118 cm³/mol. The molecular formula is C25H20N2O3. The fourth-order valence-electron chi connectivity index (χ4n) is 3.00. The van der Waals surface area contributed by atoms with Crippen LogP contribution in [0.25, 0.3) is 0 Å². The Hall–Kier alpha value is -4.25. The van der Waals surface area contributed by atoms with Crippen LogP contribution in [0.15, 0.2) is 97.1 Å². The Labute approximate surface area is 174 Å². The molecule has 0 fully saturated rings. The monoisotopic (exact) mass is 396 g/mol. The van der Waals surface area contributed by atoms with Gasteiger partial charge in [0.1, 0.15) is 23.0 Å². The first-order chi connectivity index (χ1) is 14.6. The fraction of sp³-hybridized carbons (Fsp3) is 0. The van der Waals surface area contributed by atoms with Crippen molar-refractivity contribution in [2.75, 3.05) is 11.5 Å². The van der Waals surface area contributed by atoms with Gasteiger partial charge in [-0.05, 0) is 48.5 Å². The second kappa shape index (κ2) is 8.41. The lowest BCUT2D eigenvalue weighted by molar-refractivity contribution is 0.103. The average Bonchev–Trinajstić information content (AvgIpc) is 2.75. The Morgan fingerprint density at radius 1 is 0.567 bits per heavy atom. The number of anilines is 2. The first-order valence-electron chi connectivity index (χ1n) is 9.40. The number of carbonyl (C=O) groups excluding carboxylic acids is 1. The van der Waals surface area contributed by atoms with Crippen molar-refractivity contribution in [2.45, 2.75) is 0 Å². The number of rotatable bonds is 6. The van der Waals surface area contributed by atoms with Gasteiger partial charge >= 0.3 is 0 Å². The Morgan fingerprint density at radius 2 is 0.967 bits per heavy atom. The number of nitrogens with two attached hydrogens (primary N) is 2. The summed E-state index contributed by atoms with van der Waals surface area (Å²) in [6, 6.07) is 28.3. The van der Waals surface area contributed by atoms with Gasteiger partial charge in [0, 0.05) is 23.5 Å². The number of ether oxygens (including phenoxy) is 2. The van der Waals surface area contributed by atoms with Gasteiger partial charge < -0.3 is 20.9 Å². The van der Waals surface area contributed by atoms with E-state index >= 15 is 0 Å². The lowest BCUT2D eigenvalue weighted by atomic mass is 10.0. The molecule has 0 aliphatic carbocycles. The number of benzene rings is 4. The number of carbonyl (C=O) groups is 1. The van der Waals surface area contributed by atoms with Gasteiger partial charge in [0.25, 0.3) is 0 Å². The second-order valence-electron chi connectivity index (χ2n) is 6.67. The van der Waals surface area contributed by atoms with Crippen LogP contribution >= 0.6 is 0 Å². The molecule has 0 aliphatic heterocycles. The van der Waals surface area contributed by atoms with E-state index in [9.17, 15) is 4.79 Å². The maximum Gasteiger partial charge on any atom is 0.200 e. The van der Waals surface area contributed by atoms with Gasteiger partial charge in [-0.1, -0.05) is 36.4 Å². The highest BCUT2D eigenvalue weighted by Crippen LogP contribution is 2.34. The molecule has 4 rings (SSSR count). The average molecular weight is 396 g/mol. The maximum absolute atomic E-state index is 13.4. The molecule has 148 valence electrons. The molecule has 4 aromatic carbocycles. The molecule has 0 bridgehead atoms. The van der Waals surface area contributed by atoms with E-state index in [0.717, 1.165) is 0 Å². The fourth-order valence-corrected chi connectivity index (χ4v) is 3.00. The molecule has 0 aromatic heterocycles. The van der Waals surface area contributed by atoms with Gasteiger partial charge in [0.2, 0.25) is 5.78 Å². The molecule has 5 heteroatoms. The van der Waals surface area contributed by atoms with Crippen LogP contribution in [-0.4, -0.2) is 5.78 Å². The van der Waals surface area contributed by atoms with Crippen LogP contribution < -0.4 is 20.9 Å². The first kappa shape index (κ1) is 19.1. The molecule has 30 heavy (non-hydrogen) atoms. The molecule has 0 heterocycles. The minimum atomic E-state index is -0.258. The van der Waals surface area contributed by atoms with E-state index in [1.807, 2.05) is 60.7 Å². The Bertz CT molecular complexity index is 1080. The number of para-hydroxylation sites is 2. The summed E-state index contributed by atoms with van der Waals surface area (Å²) in [6.07, 6.45) is 0. The van der Waals surface area contributed by atoms with Gasteiger partial charge in [-0.25, -0.2) is 0 Å². The van der Waals surface area contributed by atoms with Crippen molar-refractivity contribution >= 4 is 17.2 Å². The van der Waals surface area contributed by atoms with Gasteiger partial charge in [-0.15, -0.1) is 0 Å². The smallest absolute Gasteiger partial charge is 0.200 e. The number of hydrogen-bond acceptors (Lipinski definition) is 5. The van der Waals surface area contributed by atoms with Crippen molar-refractivity contribution in [3.8, 4) is 23.0 Å². The van der Waals surface area contributed by atoms with E-state index in [1.165, 1.54) is 0 Å². The topological polar surface area (TPSA) is 87.6 Å². The summed E-state index contributed by atoms with van der Waals surface area (Å²) < 4.78 is 11.9. The van der Waals surface area contributed by atoms with Crippen molar-refractivity contribution < 1.29 is 14.3 Å². The van der Waals surface area contributed by atoms with Crippen LogP contribution in [0.4, 0.5) is 11.4 Å². The summed E-state index contributed by atoms with van der Waals surface area (Å²) in [5.41, 5.74) is 13.6. The Morgan fingerprint density at radius 3 is 1.37 bits per heavy atom. The van der Waals surface area contributed by atoms with E-state index in [4.69, 9.17) is 20.9 Å². The third kappa shape index (κ3) is 4.25. The van der Waals surface area contributed by atoms with Crippen LogP contribution in [0.5, 0.6) is 23.0 Å². The standard InChI is InChI=1S/C25H20N2O3/c26-17-11-13-21(23(15-17)29-19-7-3-1-4-8-19)25(28)22-14-12-18(27)16-24(22)30-20-9-5-2-6-10-20/h1-16H,26-27H2. The number of ketones is 1. The molecule has 0 radical (unpaired) electrons. The summed E-state index contributed by atoms with van der Waals surface area (Å²) in [5.74, 6) is 1.69.